The molecule has 1 N–H and O–H groups in total. The van der Waals surface area contributed by atoms with E-state index in [-0.39, 0.29) is 0 Å². The maximum Gasteiger partial charge on any atom is 0.119 e. The molecule has 1 atom stereocenters. The Hall–Kier alpha value is -1.51. The van der Waals surface area contributed by atoms with Crippen LogP contribution in [0.2, 0.25) is 5.02 Å². The highest BCUT2D eigenvalue weighted by Gasteiger charge is 2.09. The molecule has 1 unspecified atom stereocenters. The molecular weight excluding hydrogens is 260 g/mol. The van der Waals surface area contributed by atoms with Crippen LogP contribution >= 0.6 is 11.6 Å². The maximum atomic E-state index is 10.1. The van der Waals surface area contributed by atoms with Crippen LogP contribution in [0.3, 0.4) is 0 Å². The van der Waals surface area contributed by atoms with E-state index in [0.717, 1.165) is 16.9 Å². The second-order valence-electron chi connectivity index (χ2n) is 4.47. The van der Waals surface area contributed by atoms with Crippen molar-refractivity contribution >= 4 is 11.6 Å². The third-order valence-electron chi connectivity index (χ3n) is 2.98. The van der Waals surface area contributed by atoms with Gasteiger partial charge in [-0.1, -0.05) is 41.9 Å². The lowest BCUT2D eigenvalue weighted by atomic mass is 10.1. The van der Waals surface area contributed by atoms with E-state index in [9.17, 15) is 5.11 Å². The molecule has 0 saturated heterocycles. The molecule has 0 bridgehead atoms. The largest absolute Gasteiger partial charge is 0.493 e. The Bertz CT molecular complexity index is 526. The van der Waals surface area contributed by atoms with Gasteiger partial charge in [0.1, 0.15) is 5.75 Å². The Morgan fingerprint density at radius 3 is 2.58 bits per heavy atom. The monoisotopic (exact) mass is 276 g/mol. The van der Waals surface area contributed by atoms with Crippen LogP contribution in [0.4, 0.5) is 0 Å². The van der Waals surface area contributed by atoms with Crippen molar-refractivity contribution in [3.05, 3.63) is 64.7 Å². The number of hydrogen-bond acceptors (Lipinski definition) is 2. The molecule has 2 aromatic rings. The Labute approximate surface area is 118 Å². The topological polar surface area (TPSA) is 29.5 Å². The molecule has 0 spiro atoms. The van der Waals surface area contributed by atoms with Crippen molar-refractivity contribution in [2.45, 2.75) is 19.4 Å². The van der Waals surface area contributed by atoms with Gasteiger partial charge >= 0.3 is 0 Å². The van der Waals surface area contributed by atoms with Crippen LogP contribution in [0.1, 0.15) is 23.7 Å². The van der Waals surface area contributed by atoms with Gasteiger partial charge in [0, 0.05) is 11.4 Å². The minimum Gasteiger partial charge on any atom is -0.493 e. The van der Waals surface area contributed by atoms with Gasteiger partial charge in [-0.25, -0.2) is 0 Å². The van der Waals surface area contributed by atoms with E-state index in [1.54, 1.807) is 0 Å². The zero-order valence-corrected chi connectivity index (χ0v) is 11.6. The molecule has 0 aliphatic heterocycles. The van der Waals surface area contributed by atoms with Crippen molar-refractivity contribution in [2.24, 2.45) is 0 Å². The van der Waals surface area contributed by atoms with Gasteiger partial charge in [-0.3, -0.25) is 0 Å². The fraction of sp³-hybridized carbons (Fsp3) is 0.250. The molecule has 100 valence electrons. The van der Waals surface area contributed by atoms with Gasteiger partial charge in [0.2, 0.25) is 0 Å². The minimum absolute atomic E-state index is 0.469. The summed E-state index contributed by atoms with van der Waals surface area (Å²) in [7, 11) is 0. The van der Waals surface area contributed by atoms with Crippen molar-refractivity contribution in [3.63, 3.8) is 0 Å². The molecule has 3 heteroatoms. The summed E-state index contributed by atoms with van der Waals surface area (Å²) < 4.78 is 5.56. The van der Waals surface area contributed by atoms with Gasteiger partial charge in [0.25, 0.3) is 0 Å². The number of halogens is 1. The lowest BCUT2D eigenvalue weighted by molar-refractivity contribution is 0.141. The Balaban J connectivity index is 1.87. The molecule has 19 heavy (non-hydrogen) atoms. The van der Waals surface area contributed by atoms with E-state index in [1.807, 2.05) is 55.5 Å². The van der Waals surface area contributed by atoms with Crippen LogP contribution < -0.4 is 4.74 Å². The number of aliphatic hydroxyl groups is 1. The van der Waals surface area contributed by atoms with Crippen LogP contribution in [0.5, 0.6) is 5.75 Å². The Kier molecular flexibility index (Phi) is 4.83. The predicted molar refractivity (Wildman–Crippen MR) is 77.7 cm³/mol. The van der Waals surface area contributed by atoms with Gasteiger partial charge in [0.15, 0.2) is 0 Å². The van der Waals surface area contributed by atoms with Crippen LogP contribution in [0, 0.1) is 6.92 Å². The van der Waals surface area contributed by atoms with Gasteiger partial charge in [-0.2, -0.15) is 0 Å². The summed E-state index contributed by atoms with van der Waals surface area (Å²) in [4.78, 5) is 0. The zero-order valence-electron chi connectivity index (χ0n) is 10.8. The van der Waals surface area contributed by atoms with Crippen LogP contribution in [0.25, 0.3) is 0 Å². The summed E-state index contributed by atoms with van der Waals surface area (Å²) >= 11 is 6.05. The molecule has 0 saturated carbocycles. The lowest BCUT2D eigenvalue weighted by Gasteiger charge is -2.13. The molecule has 0 amide bonds. The maximum absolute atomic E-state index is 10.1. The summed E-state index contributed by atoms with van der Waals surface area (Å²) in [6.07, 6.45) is -0.0179. The van der Waals surface area contributed by atoms with Crippen LogP contribution in [-0.2, 0) is 0 Å². The van der Waals surface area contributed by atoms with Gasteiger partial charge in [0.05, 0.1) is 12.7 Å². The second kappa shape index (κ2) is 6.60. The number of hydrogen-bond donors (Lipinski definition) is 1. The SMILES string of the molecule is Cc1ccc(C(O)CCOc2ccccc2)cc1Cl. The normalized spacial score (nSPS) is 12.2. The average Bonchev–Trinajstić information content (AvgIpc) is 2.43. The van der Waals surface area contributed by atoms with Crippen molar-refractivity contribution in [2.75, 3.05) is 6.61 Å². The standard InChI is InChI=1S/C16H17ClO2/c1-12-7-8-13(11-15(12)17)16(18)9-10-19-14-5-3-2-4-6-14/h2-8,11,16,18H,9-10H2,1H3. The quantitative estimate of drug-likeness (QED) is 0.889. The summed E-state index contributed by atoms with van der Waals surface area (Å²) in [6, 6.07) is 15.2. The molecular formula is C16H17ClO2. The summed E-state index contributed by atoms with van der Waals surface area (Å²) in [5.74, 6) is 0.816. The summed E-state index contributed by atoms with van der Waals surface area (Å²) in [5, 5.41) is 10.8. The van der Waals surface area contributed by atoms with Gasteiger partial charge in [-0.15, -0.1) is 0 Å². The van der Waals surface area contributed by atoms with Gasteiger partial charge < -0.3 is 9.84 Å². The number of rotatable bonds is 5. The van der Waals surface area contributed by atoms with E-state index in [2.05, 4.69) is 0 Å². The first kappa shape index (κ1) is 13.9. The van der Waals surface area contributed by atoms with Crippen molar-refractivity contribution in [1.82, 2.24) is 0 Å². The molecule has 0 aliphatic carbocycles. The highest BCUT2D eigenvalue weighted by Crippen LogP contribution is 2.23. The van der Waals surface area contributed by atoms with Crippen molar-refractivity contribution in [3.8, 4) is 5.75 Å². The third-order valence-corrected chi connectivity index (χ3v) is 3.39. The van der Waals surface area contributed by atoms with Crippen molar-refractivity contribution < 1.29 is 9.84 Å². The average molecular weight is 277 g/mol. The second-order valence-corrected chi connectivity index (χ2v) is 4.88. The smallest absolute Gasteiger partial charge is 0.119 e. The highest BCUT2D eigenvalue weighted by molar-refractivity contribution is 6.31. The zero-order chi connectivity index (χ0) is 13.7. The Morgan fingerprint density at radius 2 is 1.89 bits per heavy atom. The van der Waals surface area contributed by atoms with Crippen LogP contribution in [-0.4, -0.2) is 11.7 Å². The highest BCUT2D eigenvalue weighted by atomic mass is 35.5. The first-order valence-corrected chi connectivity index (χ1v) is 6.66. The lowest BCUT2D eigenvalue weighted by Crippen LogP contribution is -2.05. The molecule has 2 nitrogen and oxygen atoms in total. The van der Waals surface area contributed by atoms with Gasteiger partial charge in [-0.05, 0) is 36.2 Å². The van der Waals surface area contributed by atoms with Crippen LogP contribution in [0.15, 0.2) is 48.5 Å². The number of aliphatic hydroxyl groups excluding tert-OH is 1. The molecule has 0 fully saturated rings. The molecule has 0 heterocycles. The number of benzene rings is 2. The predicted octanol–water partition coefficient (Wildman–Crippen LogP) is 4.15. The number of para-hydroxylation sites is 1. The summed E-state index contributed by atoms with van der Waals surface area (Å²) in [6.45, 7) is 2.41. The molecule has 2 rings (SSSR count). The van der Waals surface area contributed by atoms with E-state index in [1.165, 1.54) is 0 Å². The molecule has 0 aromatic heterocycles. The Morgan fingerprint density at radius 1 is 1.16 bits per heavy atom. The van der Waals surface area contributed by atoms with Crippen molar-refractivity contribution in [1.29, 1.82) is 0 Å². The third kappa shape index (κ3) is 3.98. The molecule has 2 aromatic carbocycles. The first-order chi connectivity index (χ1) is 9.16. The molecule has 0 aliphatic rings. The minimum atomic E-state index is -0.554. The van der Waals surface area contributed by atoms with E-state index in [0.29, 0.717) is 18.1 Å². The fourth-order valence-corrected chi connectivity index (χ4v) is 1.98. The summed E-state index contributed by atoms with van der Waals surface area (Å²) in [5.41, 5.74) is 1.84. The van der Waals surface area contributed by atoms with E-state index in [4.69, 9.17) is 16.3 Å². The fourth-order valence-electron chi connectivity index (χ4n) is 1.79. The van der Waals surface area contributed by atoms with E-state index < -0.39 is 6.10 Å². The first-order valence-electron chi connectivity index (χ1n) is 6.29. The number of ether oxygens (including phenoxy) is 1. The van der Waals surface area contributed by atoms with E-state index >= 15 is 0 Å². The number of aryl methyl sites for hydroxylation is 1. The molecule has 0 radical (unpaired) electrons.